The van der Waals surface area contributed by atoms with E-state index in [0.717, 1.165) is 39.9 Å². The standard InChI is InChI=1S/C18H14BrN3O/c19-10-5-6-13-15(9-10)22-17(23)18(13)16-12(7-8-20-18)11-3-1-2-4-14(11)21-16/h1-6,9,20-21H,7-8H2,(H,22,23). The molecule has 0 bridgehead atoms. The zero-order valence-electron chi connectivity index (χ0n) is 12.2. The minimum atomic E-state index is -0.817. The third-order valence-corrected chi connectivity index (χ3v) is 5.42. The lowest BCUT2D eigenvalue weighted by atomic mass is 9.82. The van der Waals surface area contributed by atoms with Gasteiger partial charge in [0.05, 0.1) is 5.69 Å². The molecule has 114 valence electrons. The molecule has 0 saturated carbocycles. The molecule has 0 radical (unpaired) electrons. The first kappa shape index (κ1) is 13.3. The fourth-order valence-corrected chi connectivity index (χ4v) is 4.31. The summed E-state index contributed by atoms with van der Waals surface area (Å²) in [6, 6.07) is 14.2. The van der Waals surface area contributed by atoms with Gasteiger partial charge in [0.2, 0.25) is 0 Å². The second-order valence-corrected chi connectivity index (χ2v) is 7.01. The summed E-state index contributed by atoms with van der Waals surface area (Å²) in [7, 11) is 0. The third-order valence-electron chi connectivity index (χ3n) is 4.93. The Labute approximate surface area is 141 Å². The number of aromatic amines is 1. The number of hydrogen-bond acceptors (Lipinski definition) is 2. The Morgan fingerprint density at radius 2 is 2.00 bits per heavy atom. The van der Waals surface area contributed by atoms with Crippen molar-refractivity contribution in [3.8, 4) is 0 Å². The molecule has 3 heterocycles. The monoisotopic (exact) mass is 367 g/mol. The van der Waals surface area contributed by atoms with Crippen LogP contribution in [-0.4, -0.2) is 17.4 Å². The van der Waals surface area contributed by atoms with E-state index in [4.69, 9.17) is 0 Å². The Balaban J connectivity index is 1.85. The summed E-state index contributed by atoms with van der Waals surface area (Å²) in [5.41, 5.74) is 4.33. The van der Waals surface area contributed by atoms with Crippen LogP contribution in [0, 0.1) is 0 Å². The molecule has 1 spiro atoms. The molecule has 0 fully saturated rings. The first-order chi connectivity index (χ1) is 11.2. The van der Waals surface area contributed by atoms with E-state index in [2.05, 4.69) is 43.7 Å². The van der Waals surface area contributed by atoms with E-state index in [1.807, 2.05) is 30.3 Å². The summed E-state index contributed by atoms with van der Waals surface area (Å²) in [6.45, 7) is 0.776. The first-order valence-corrected chi connectivity index (χ1v) is 8.46. The summed E-state index contributed by atoms with van der Waals surface area (Å²) in [6.07, 6.45) is 0.917. The van der Waals surface area contributed by atoms with Crippen LogP contribution in [0.5, 0.6) is 0 Å². The number of H-pyrrole nitrogens is 1. The predicted molar refractivity (Wildman–Crippen MR) is 93.6 cm³/mol. The van der Waals surface area contributed by atoms with Crippen molar-refractivity contribution in [3.63, 3.8) is 0 Å². The maximum atomic E-state index is 12.9. The molecule has 4 nitrogen and oxygen atoms in total. The van der Waals surface area contributed by atoms with Crippen LogP contribution < -0.4 is 10.6 Å². The maximum Gasteiger partial charge on any atom is 0.255 e. The Bertz CT molecular complexity index is 978. The fraction of sp³-hybridized carbons (Fsp3) is 0.167. The molecule has 5 rings (SSSR count). The molecule has 2 aliphatic heterocycles. The normalized spacial score (nSPS) is 22.2. The number of carbonyl (C=O) groups excluding carboxylic acids is 1. The SMILES string of the molecule is O=C1Nc2cc(Br)ccc2C12NCCc1c2[nH]c2ccccc12. The number of fused-ring (bicyclic) bond motifs is 6. The Morgan fingerprint density at radius 3 is 2.91 bits per heavy atom. The Kier molecular flexibility index (Phi) is 2.59. The molecule has 1 aromatic heterocycles. The van der Waals surface area contributed by atoms with Gasteiger partial charge in [-0.25, -0.2) is 0 Å². The van der Waals surface area contributed by atoms with Gasteiger partial charge in [-0.3, -0.25) is 10.1 Å². The van der Waals surface area contributed by atoms with Crippen molar-refractivity contribution in [2.45, 2.75) is 12.0 Å². The van der Waals surface area contributed by atoms with Crippen molar-refractivity contribution < 1.29 is 4.79 Å². The van der Waals surface area contributed by atoms with Crippen molar-refractivity contribution in [1.82, 2.24) is 10.3 Å². The van der Waals surface area contributed by atoms with Gasteiger partial charge in [0.15, 0.2) is 5.54 Å². The Hall–Kier alpha value is -2.11. The fourth-order valence-electron chi connectivity index (χ4n) is 3.95. The zero-order valence-corrected chi connectivity index (χ0v) is 13.8. The molecule has 1 unspecified atom stereocenters. The van der Waals surface area contributed by atoms with Crippen LogP contribution in [0.4, 0.5) is 5.69 Å². The molecule has 3 aromatic rings. The van der Waals surface area contributed by atoms with Crippen molar-refractivity contribution in [3.05, 3.63) is 63.8 Å². The van der Waals surface area contributed by atoms with Crippen molar-refractivity contribution in [1.29, 1.82) is 0 Å². The molecular weight excluding hydrogens is 354 g/mol. The van der Waals surface area contributed by atoms with Gasteiger partial charge < -0.3 is 10.3 Å². The molecule has 1 amide bonds. The van der Waals surface area contributed by atoms with Gasteiger partial charge >= 0.3 is 0 Å². The summed E-state index contributed by atoms with van der Waals surface area (Å²) in [5.74, 6) is -0.0156. The van der Waals surface area contributed by atoms with E-state index >= 15 is 0 Å². The third kappa shape index (κ3) is 1.61. The minimum Gasteiger partial charge on any atom is -0.356 e. The maximum absolute atomic E-state index is 12.9. The number of rotatable bonds is 0. The molecule has 2 aliphatic rings. The van der Waals surface area contributed by atoms with Crippen LogP contribution in [0.15, 0.2) is 46.9 Å². The molecule has 23 heavy (non-hydrogen) atoms. The number of hydrogen-bond donors (Lipinski definition) is 3. The van der Waals surface area contributed by atoms with Crippen molar-refractivity contribution in [2.24, 2.45) is 0 Å². The lowest BCUT2D eigenvalue weighted by Crippen LogP contribution is -2.53. The highest BCUT2D eigenvalue weighted by Crippen LogP contribution is 2.45. The van der Waals surface area contributed by atoms with Gasteiger partial charge in [-0.1, -0.05) is 40.2 Å². The van der Waals surface area contributed by atoms with Crippen LogP contribution in [-0.2, 0) is 16.8 Å². The van der Waals surface area contributed by atoms with Crippen LogP contribution in [0.3, 0.4) is 0 Å². The number of aromatic nitrogens is 1. The van der Waals surface area contributed by atoms with E-state index in [1.54, 1.807) is 0 Å². The summed E-state index contributed by atoms with van der Waals surface area (Å²) in [4.78, 5) is 16.4. The Morgan fingerprint density at radius 1 is 1.13 bits per heavy atom. The summed E-state index contributed by atoms with van der Waals surface area (Å²) < 4.78 is 0.960. The molecule has 0 aliphatic carbocycles. The van der Waals surface area contributed by atoms with E-state index in [-0.39, 0.29) is 5.91 Å². The van der Waals surface area contributed by atoms with Crippen molar-refractivity contribution in [2.75, 3.05) is 11.9 Å². The van der Waals surface area contributed by atoms with E-state index < -0.39 is 5.54 Å². The van der Waals surface area contributed by atoms with E-state index in [9.17, 15) is 4.79 Å². The highest BCUT2D eigenvalue weighted by molar-refractivity contribution is 9.10. The smallest absolute Gasteiger partial charge is 0.255 e. The first-order valence-electron chi connectivity index (χ1n) is 7.67. The predicted octanol–water partition coefficient (Wildman–Crippen LogP) is 3.27. The number of carbonyl (C=O) groups is 1. The lowest BCUT2D eigenvalue weighted by Gasteiger charge is -2.33. The van der Waals surface area contributed by atoms with E-state index in [1.165, 1.54) is 10.9 Å². The van der Waals surface area contributed by atoms with Crippen LogP contribution in [0.2, 0.25) is 0 Å². The summed E-state index contributed by atoms with van der Waals surface area (Å²) >= 11 is 3.48. The van der Waals surface area contributed by atoms with Crippen LogP contribution in [0.1, 0.15) is 16.8 Å². The van der Waals surface area contributed by atoms with Crippen LogP contribution in [0.25, 0.3) is 10.9 Å². The topological polar surface area (TPSA) is 56.9 Å². The quantitative estimate of drug-likeness (QED) is 0.571. The molecule has 2 aromatic carbocycles. The van der Waals surface area contributed by atoms with Gasteiger partial charge in [0, 0.05) is 33.2 Å². The second kappa shape index (κ2) is 4.46. The van der Waals surface area contributed by atoms with Crippen molar-refractivity contribution >= 4 is 38.4 Å². The van der Waals surface area contributed by atoms with Gasteiger partial charge in [0.1, 0.15) is 0 Å². The van der Waals surface area contributed by atoms with Gasteiger partial charge in [-0.15, -0.1) is 0 Å². The number of halogens is 1. The second-order valence-electron chi connectivity index (χ2n) is 6.09. The number of anilines is 1. The van der Waals surface area contributed by atoms with Gasteiger partial charge in [-0.2, -0.15) is 0 Å². The number of benzene rings is 2. The van der Waals surface area contributed by atoms with Crippen LogP contribution >= 0.6 is 15.9 Å². The highest BCUT2D eigenvalue weighted by Gasteiger charge is 2.51. The molecular formula is C18H14BrN3O. The lowest BCUT2D eigenvalue weighted by molar-refractivity contribution is -0.120. The number of para-hydroxylation sites is 1. The van der Waals surface area contributed by atoms with E-state index in [0.29, 0.717) is 0 Å². The molecule has 5 heteroatoms. The zero-order chi connectivity index (χ0) is 15.6. The van der Waals surface area contributed by atoms with Gasteiger partial charge in [0.25, 0.3) is 5.91 Å². The minimum absolute atomic E-state index is 0.0156. The number of amides is 1. The molecule has 1 atom stereocenters. The van der Waals surface area contributed by atoms with Gasteiger partial charge in [-0.05, 0) is 30.2 Å². The average Bonchev–Trinajstić information content (AvgIpc) is 3.05. The number of nitrogens with one attached hydrogen (secondary N) is 3. The molecule has 3 N–H and O–H groups in total. The molecule has 0 saturated heterocycles. The average molecular weight is 368 g/mol. The summed E-state index contributed by atoms with van der Waals surface area (Å²) in [5, 5.41) is 7.72. The largest absolute Gasteiger partial charge is 0.356 e. The highest BCUT2D eigenvalue weighted by atomic mass is 79.9.